The standard InChI is InChI=1S/C36H36N6O4/c43-21-29-31(44)32(45)35(46-29)42-22-39-30-33(38-20-26-16-9-15-25-14-7-8-17-27(25)26)40-36(41-34(30)42)37-19-18-28(23-10-3-1-4-11-23)24-12-5-2-6-13-24/h1-17,22,28-29,31-32,35,43-45H,18-21H2,(H2,37,38,40,41)/t29-,31-,32-,35-/m1/s1. The lowest BCUT2D eigenvalue weighted by atomic mass is 9.88. The third kappa shape index (κ3) is 5.91. The molecular formula is C36H36N6O4. The van der Waals surface area contributed by atoms with Gasteiger partial charge in [-0.05, 0) is 33.9 Å². The predicted octanol–water partition coefficient (Wildman–Crippen LogP) is 4.84. The van der Waals surface area contributed by atoms with E-state index in [9.17, 15) is 15.3 Å². The highest BCUT2D eigenvalue weighted by molar-refractivity contribution is 5.87. The van der Waals surface area contributed by atoms with Gasteiger partial charge >= 0.3 is 0 Å². The zero-order chi connectivity index (χ0) is 31.5. The average Bonchev–Trinajstić information content (AvgIpc) is 3.65. The van der Waals surface area contributed by atoms with Crippen LogP contribution >= 0.6 is 0 Å². The molecule has 4 aromatic carbocycles. The largest absolute Gasteiger partial charge is 0.394 e. The number of imidazole rings is 1. The van der Waals surface area contributed by atoms with Crippen molar-refractivity contribution in [1.82, 2.24) is 19.5 Å². The summed E-state index contributed by atoms with van der Waals surface area (Å²) in [5, 5.41) is 40.1. The molecule has 0 saturated carbocycles. The van der Waals surface area contributed by atoms with Crippen LogP contribution in [-0.2, 0) is 11.3 Å². The van der Waals surface area contributed by atoms with Crippen LogP contribution in [0.15, 0.2) is 109 Å². The second-order valence-electron chi connectivity index (χ2n) is 11.5. The number of hydrogen-bond donors (Lipinski definition) is 5. The average molecular weight is 617 g/mol. The van der Waals surface area contributed by atoms with Crippen molar-refractivity contribution < 1.29 is 20.1 Å². The third-order valence-corrected chi connectivity index (χ3v) is 8.66. The summed E-state index contributed by atoms with van der Waals surface area (Å²) in [4.78, 5) is 14.2. The first-order valence-corrected chi connectivity index (χ1v) is 15.5. The van der Waals surface area contributed by atoms with Gasteiger partial charge in [0.15, 0.2) is 23.2 Å². The van der Waals surface area contributed by atoms with Gasteiger partial charge in [-0.2, -0.15) is 9.97 Å². The number of rotatable bonds is 11. The van der Waals surface area contributed by atoms with E-state index in [0.29, 0.717) is 36.0 Å². The van der Waals surface area contributed by atoms with Crippen molar-refractivity contribution in [3.05, 3.63) is 126 Å². The first-order chi connectivity index (χ1) is 22.6. The molecule has 46 heavy (non-hydrogen) atoms. The molecule has 2 aromatic heterocycles. The number of anilines is 2. The Morgan fingerprint density at radius 2 is 1.48 bits per heavy atom. The van der Waals surface area contributed by atoms with Crippen molar-refractivity contribution in [2.75, 3.05) is 23.8 Å². The monoisotopic (exact) mass is 616 g/mol. The van der Waals surface area contributed by atoms with Gasteiger partial charge in [-0.15, -0.1) is 0 Å². The highest BCUT2D eigenvalue weighted by Gasteiger charge is 2.44. The summed E-state index contributed by atoms with van der Waals surface area (Å²) in [6, 6.07) is 35.3. The van der Waals surface area contributed by atoms with Gasteiger partial charge in [-0.3, -0.25) is 4.57 Å². The molecule has 1 saturated heterocycles. The Kier molecular flexibility index (Phi) is 8.58. The zero-order valence-corrected chi connectivity index (χ0v) is 25.1. The molecule has 10 nitrogen and oxygen atoms in total. The topological polar surface area (TPSA) is 138 Å². The molecule has 0 radical (unpaired) electrons. The maximum atomic E-state index is 10.8. The van der Waals surface area contributed by atoms with Gasteiger partial charge in [0.2, 0.25) is 5.95 Å². The molecule has 10 heteroatoms. The van der Waals surface area contributed by atoms with E-state index in [0.717, 1.165) is 22.8 Å². The number of aliphatic hydroxyl groups excluding tert-OH is 3. The fraction of sp³-hybridized carbons (Fsp3) is 0.250. The number of benzene rings is 4. The van der Waals surface area contributed by atoms with E-state index >= 15 is 0 Å². The number of ether oxygens (including phenoxy) is 1. The minimum Gasteiger partial charge on any atom is -0.394 e. The highest BCUT2D eigenvalue weighted by atomic mass is 16.6. The van der Waals surface area contributed by atoms with E-state index < -0.39 is 31.1 Å². The van der Waals surface area contributed by atoms with Gasteiger partial charge in [0.1, 0.15) is 18.3 Å². The summed E-state index contributed by atoms with van der Waals surface area (Å²) in [7, 11) is 0. The highest BCUT2D eigenvalue weighted by Crippen LogP contribution is 2.33. The molecule has 3 heterocycles. The second kappa shape index (κ2) is 13.2. The summed E-state index contributed by atoms with van der Waals surface area (Å²) in [6.07, 6.45) is -2.11. The van der Waals surface area contributed by atoms with Crippen LogP contribution in [-0.4, -0.2) is 66.3 Å². The van der Waals surface area contributed by atoms with Gasteiger partial charge in [-0.1, -0.05) is 103 Å². The van der Waals surface area contributed by atoms with Crippen LogP contribution in [0.4, 0.5) is 11.8 Å². The lowest BCUT2D eigenvalue weighted by Gasteiger charge is -2.19. The Balaban J connectivity index is 1.20. The predicted molar refractivity (Wildman–Crippen MR) is 177 cm³/mol. The minimum absolute atomic E-state index is 0.173. The van der Waals surface area contributed by atoms with Crippen LogP contribution in [0.3, 0.4) is 0 Å². The number of aromatic nitrogens is 4. The van der Waals surface area contributed by atoms with Crippen LogP contribution in [0.2, 0.25) is 0 Å². The molecule has 4 atom stereocenters. The fourth-order valence-corrected chi connectivity index (χ4v) is 6.27. The number of nitrogens with zero attached hydrogens (tertiary/aromatic N) is 4. The zero-order valence-electron chi connectivity index (χ0n) is 25.1. The van der Waals surface area contributed by atoms with Crippen LogP contribution in [0.25, 0.3) is 21.9 Å². The molecule has 1 aliphatic rings. The van der Waals surface area contributed by atoms with Crippen molar-refractivity contribution in [2.45, 2.75) is 43.4 Å². The first kappa shape index (κ1) is 29.8. The van der Waals surface area contributed by atoms with Crippen molar-refractivity contribution in [2.24, 2.45) is 0 Å². The van der Waals surface area contributed by atoms with E-state index in [4.69, 9.17) is 14.7 Å². The summed E-state index contributed by atoms with van der Waals surface area (Å²) in [5.41, 5.74) is 4.49. The Bertz CT molecular complexity index is 1870. The van der Waals surface area contributed by atoms with Crippen LogP contribution in [0, 0.1) is 0 Å². The van der Waals surface area contributed by atoms with E-state index in [1.54, 1.807) is 4.57 Å². The summed E-state index contributed by atoms with van der Waals surface area (Å²) in [6.45, 7) is 0.660. The third-order valence-electron chi connectivity index (χ3n) is 8.66. The van der Waals surface area contributed by atoms with Crippen molar-refractivity contribution >= 4 is 33.7 Å². The van der Waals surface area contributed by atoms with E-state index in [2.05, 4.69) is 88.4 Å². The summed E-state index contributed by atoms with van der Waals surface area (Å²) < 4.78 is 7.42. The number of hydrogen-bond acceptors (Lipinski definition) is 9. The molecule has 0 spiro atoms. The van der Waals surface area contributed by atoms with E-state index in [-0.39, 0.29) is 5.92 Å². The van der Waals surface area contributed by atoms with Crippen LogP contribution < -0.4 is 10.6 Å². The van der Waals surface area contributed by atoms with E-state index in [1.165, 1.54) is 17.5 Å². The lowest BCUT2D eigenvalue weighted by molar-refractivity contribution is -0.0511. The maximum absolute atomic E-state index is 10.8. The Labute approximate surface area is 266 Å². The van der Waals surface area contributed by atoms with Gasteiger partial charge in [0.25, 0.3) is 0 Å². The maximum Gasteiger partial charge on any atom is 0.226 e. The lowest BCUT2D eigenvalue weighted by Crippen LogP contribution is -2.33. The van der Waals surface area contributed by atoms with Crippen molar-refractivity contribution in [3.63, 3.8) is 0 Å². The van der Waals surface area contributed by atoms with Gasteiger partial charge < -0.3 is 30.7 Å². The Morgan fingerprint density at radius 3 is 2.20 bits per heavy atom. The smallest absolute Gasteiger partial charge is 0.226 e. The SMILES string of the molecule is OC[C@H]1O[C@@H](n2cnc3c(NCc4cccc5ccccc45)nc(NCCC(c4ccccc4)c4ccccc4)nc32)[C@H](O)[C@@H]1O. The number of fused-ring (bicyclic) bond motifs is 2. The quantitative estimate of drug-likeness (QED) is 0.139. The number of aliphatic hydroxyl groups is 3. The molecule has 6 aromatic rings. The van der Waals surface area contributed by atoms with Crippen molar-refractivity contribution in [1.29, 1.82) is 0 Å². The molecule has 1 aliphatic heterocycles. The summed E-state index contributed by atoms with van der Waals surface area (Å²) in [5.74, 6) is 1.09. The molecule has 1 fully saturated rings. The Hall–Kier alpha value is -4.87. The molecule has 0 bridgehead atoms. The molecule has 0 unspecified atom stereocenters. The second-order valence-corrected chi connectivity index (χ2v) is 11.5. The van der Waals surface area contributed by atoms with Crippen LogP contribution in [0.1, 0.15) is 35.3 Å². The summed E-state index contributed by atoms with van der Waals surface area (Å²) >= 11 is 0. The molecule has 7 rings (SSSR count). The molecule has 0 amide bonds. The minimum atomic E-state index is -1.27. The number of nitrogens with one attached hydrogen (secondary N) is 2. The van der Waals surface area contributed by atoms with Gasteiger partial charge in [0, 0.05) is 19.0 Å². The molecular weight excluding hydrogens is 580 g/mol. The van der Waals surface area contributed by atoms with E-state index in [1.807, 2.05) is 30.3 Å². The van der Waals surface area contributed by atoms with Gasteiger partial charge in [0.05, 0.1) is 12.9 Å². The normalized spacial score (nSPS) is 19.7. The first-order valence-electron chi connectivity index (χ1n) is 15.5. The van der Waals surface area contributed by atoms with Crippen molar-refractivity contribution in [3.8, 4) is 0 Å². The Morgan fingerprint density at radius 1 is 0.783 bits per heavy atom. The molecule has 5 N–H and O–H groups in total. The fourth-order valence-electron chi connectivity index (χ4n) is 6.27. The molecule has 234 valence electrons. The van der Waals surface area contributed by atoms with Crippen LogP contribution in [0.5, 0.6) is 0 Å². The molecule has 0 aliphatic carbocycles. The van der Waals surface area contributed by atoms with Gasteiger partial charge in [-0.25, -0.2) is 4.98 Å².